The molecular weight excluding hydrogens is 369 g/mol. The molecule has 0 unspecified atom stereocenters. The van der Waals surface area contributed by atoms with Gasteiger partial charge in [-0.05, 0) is 12.1 Å². The summed E-state index contributed by atoms with van der Waals surface area (Å²) in [4.78, 5) is 3.04. The molecule has 24 heavy (non-hydrogen) atoms. The number of hydrogen-bond acceptors (Lipinski definition) is 5. The molecule has 0 aliphatic carbocycles. The fourth-order valence-corrected chi connectivity index (χ4v) is 3.91. The second kappa shape index (κ2) is 7.47. The van der Waals surface area contributed by atoms with Gasteiger partial charge in [-0.15, -0.1) is 0 Å². The van der Waals surface area contributed by atoms with Crippen LogP contribution in [0, 0.1) is 0 Å². The molecule has 1 fully saturated rings. The molecule has 0 amide bonds. The van der Waals surface area contributed by atoms with Crippen molar-refractivity contribution in [2.45, 2.75) is 10.4 Å². The molecule has 0 N–H and O–H groups in total. The number of anilines is 1. The number of benzene rings is 1. The first kappa shape index (κ1) is 19.3. The highest BCUT2D eigenvalue weighted by Gasteiger charge is 2.48. The molecule has 1 aliphatic heterocycles. The third-order valence-corrected chi connectivity index (χ3v) is 5.90. The predicted molar refractivity (Wildman–Crippen MR) is 85.2 cm³/mol. The zero-order valence-electron chi connectivity index (χ0n) is 13.0. The third-order valence-electron chi connectivity index (χ3n) is 3.86. The second-order valence-corrected chi connectivity index (χ2v) is 7.65. The average Bonchev–Trinajstić information content (AvgIpc) is 2.52. The van der Waals surface area contributed by atoms with Gasteiger partial charge in [0.05, 0.1) is 22.2 Å². The highest BCUT2D eigenvalue weighted by molar-refractivity contribution is 7.92. The van der Waals surface area contributed by atoms with E-state index in [1.807, 2.05) is 0 Å². The predicted octanol–water partition coefficient (Wildman–Crippen LogP) is 2.40. The monoisotopic (exact) mass is 386 g/mol. The van der Waals surface area contributed by atoms with Gasteiger partial charge in [0, 0.05) is 39.8 Å². The summed E-state index contributed by atoms with van der Waals surface area (Å²) in [6.45, 7) is 3.82. The van der Waals surface area contributed by atoms with Crippen LogP contribution in [0.3, 0.4) is 0 Å². The fourth-order valence-electron chi connectivity index (χ4n) is 2.51. The minimum absolute atomic E-state index is 0.299. The number of hydrogen-bond donors (Lipinski definition) is 0. The Morgan fingerprint density at radius 2 is 1.83 bits per heavy atom. The molecular formula is C14H18ClF3N2O3S. The number of sulfone groups is 1. The van der Waals surface area contributed by atoms with Gasteiger partial charge in [0.25, 0.3) is 9.84 Å². The van der Waals surface area contributed by atoms with Crippen molar-refractivity contribution in [3.05, 3.63) is 23.2 Å². The van der Waals surface area contributed by atoms with Crippen LogP contribution < -0.4 is 4.90 Å². The molecule has 136 valence electrons. The Hall–Kier alpha value is -1.03. The summed E-state index contributed by atoms with van der Waals surface area (Å²) in [6.07, 6.45) is 0. The summed E-state index contributed by atoms with van der Waals surface area (Å²) in [5, 5.41) is -0.389. The van der Waals surface area contributed by atoms with Crippen LogP contribution in [0.15, 0.2) is 23.1 Å². The van der Waals surface area contributed by atoms with Crippen LogP contribution in [-0.2, 0) is 14.6 Å². The van der Waals surface area contributed by atoms with Crippen LogP contribution in [0.5, 0.6) is 0 Å². The molecule has 10 heteroatoms. The summed E-state index contributed by atoms with van der Waals surface area (Å²) in [5.41, 5.74) is -5.08. The summed E-state index contributed by atoms with van der Waals surface area (Å²) in [7, 11) is -3.86. The minimum Gasteiger partial charge on any atom is -0.383 e. The van der Waals surface area contributed by atoms with Crippen LogP contribution >= 0.6 is 11.6 Å². The first-order valence-electron chi connectivity index (χ1n) is 7.24. The molecule has 0 radical (unpaired) electrons. The molecule has 1 aromatic carbocycles. The molecule has 0 bridgehead atoms. The maximum Gasteiger partial charge on any atom is 0.501 e. The van der Waals surface area contributed by atoms with E-state index in [9.17, 15) is 21.6 Å². The van der Waals surface area contributed by atoms with E-state index in [1.165, 1.54) is 12.1 Å². The Labute approximate surface area is 143 Å². The Kier molecular flexibility index (Phi) is 6.00. The number of nitrogens with zero attached hydrogens (tertiary/aromatic N) is 2. The molecule has 2 rings (SSSR count). The number of piperazine rings is 1. The average molecular weight is 387 g/mol. The number of ether oxygens (including phenoxy) is 1. The van der Waals surface area contributed by atoms with Gasteiger partial charge >= 0.3 is 5.51 Å². The van der Waals surface area contributed by atoms with Crippen molar-refractivity contribution < 1.29 is 26.3 Å². The quantitative estimate of drug-likeness (QED) is 0.777. The number of methoxy groups -OCH3 is 1. The van der Waals surface area contributed by atoms with Crippen molar-refractivity contribution in [1.82, 2.24) is 4.90 Å². The molecule has 5 nitrogen and oxygen atoms in total. The summed E-state index contributed by atoms with van der Waals surface area (Å²) in [5.74, 6) is 0. The van der Waals surface area contributed by atoms with Crippen LogP contribution in [0.2, 0.25) is 5.02 Å². The minimum atomic E-state index is -5.48. The van der Waals surface area contributed by atoms with E-state index >= 15 is 0 Å². The van der Waals surface area contributed by atoms with Crippen molar-refractivity contribution in [2.24, 2.45) is 0 Å². The molecule has 0 aromatic heterocycles. The maximum atomic E-state index is 12.8. The highest BCUT2D eigenvalue weighted by Crippen LogP contribution is 2.38. The van der Waals surface area contributed by atoms with Crippen molar-refractivity contribution in [1.29, 1.82) is 0 Å². The molecule has 1 heterocycles. The van der Waals surface area contributed by atoms with Crippen LogP contribution in [0.4, 0.5) is 18.9 Å². The van der Waals surface area contributed by atoms with Gasteiger partial charge in [-0.25, -0.2) is 8.42 Å². The number of halogens is 4. The first-order chi connectivity index (χ1) is 11.2. The van der Waals surface area contributed by atoms with Crippen LogP contribution in [0.1, 0.15) is 0 Å². The van der Waals surface area contributed by atoms with Crippen LogP contribution in [-0.4, -0.2) is 65.3 Å². The lowest BCUT2D eigenvalue weighted by atomic mass is 10.2. The van der Waals surface area contributed by atoms with Gasteiger partial charge in [0.2, 0.25) is 0 Å². The van der Waals surface area contributed by atoms with Crippen molar-refractivity contribution >= 4 is 27.1 Å². The number of rotatable bonds is 5. The van der Waals surface area contributed by atoms with Crippen molar-refractivity contribution in [2.75, 3.05) is 51.3 Å². The summed E-state index contributed by atoms with van der Waals surface area (Å²) >= 11 is 6.00. The lowest BCUT2D eigenvalue weighted by molar-refractivity contribution is -0.0435. The van der Waals surface area contributed by atoms with E-state index in [0.29, 0.717) is 38.5 Å². The SMILES string of the molecule is COCCN1CCN(c2cccc(S(=O)(=O)C(F)(F)F)c2Cl)CC1. The van der Waals surface area contributed by atoms with Crippen molar-refractivity contribution in [3.63, 3.8) is 0 Å². The highest BCUT2D eigenvalue weighted by atomic mass is 35.5. The lowest BCUT2D eigenvalue weighted by Gasteiger charge is -2.36. The van der Waals surface area contributed by atoms with Gasteiger partial charge < -0.3 is 9.64 Å². The zero-order chi connectivity index (χ0) is 18.0. The Bertz CT molecular complexity index is 674. The molecule has 0 atom stereocenters. The smallest absolute Gasteiger partial charge is 0.383 e. The lowest BCUT2D eigenvalue weighted by Crippen LogP contribution is -2.47. The first-order valence-corrected chi connectivity index (χ1v) is 9.10. The zero-order valence-corrected chi connectivity index (χ0v) is 14.6. The summed E-state index contributed by atoms with van der Waals surface area (Å²) in [6, 6.07) is 3.68. The molecule has 0 saturated carbocycles. The summed E-state index contributed by atoms with van der Waals surface area (Å²) < 4.78 is 66.6. The Morgan fingerprint density at radius 3 is 2.38 bits per heavy atom. The standard InChI is InChI=1S/C14H18ClF3N2O3S/c1-23-10-9-19-5-7-20(8-6-19)11-3-2-4-12(13(11)15)24(21,22)14(16,17)18/h2-4H,5-10H2,1H3. The van der Waals surface area contributed by atoms with Gasteiger partial charge in [-0.2, -0.15) is 13.2 Å². The van der Waals surface area contributed by atoms with Gasteiger partial charge in [-0.1, -0.05) is 17.7 Å². The van der Waals surface area contributed by atoms with E-state index < -0.39 is 20.2 Å². The fraction of sp³-hybridized carbons (Fsp3) is 0.571. The van der Waals surface area contributed by atoms with Gasteiger partial charge in [0.15, 0.2) is 0 Å². The molecule has 0 spiro atoms. The van der Waals surface area contributed by atoms with Crippen molar-refractivity contribution in [3.8, 4) is 0 Å². The van der Waals surface area contributed by atoms with E-state index in [2.05, 4.69) is 4.90 Å². The van der Waals surface area contributed by atoms with E-state index in [4.69, 9.17) is 16.3 Å². The topological polar surface area (TPSA) is 49.9 Å². The van der Waals surface area contributed by atoms with Gasteiger partial charge in [-0.3, -0.25) is 4.90 Å². The molecule has 1 saturated heterocycles. The van der Waals surface area contributed by atoms with Gasteiger partial charge in [0.1, 0.15) is 0 Å². The Morgan fingerprint density at radius 1 is 1.21 bits per heavy atom. The maximum absolute atomic E-state index is 12.8. The Balaban J connectivity index is 2.21. The number of alkyl halides is 3. The second-order valence-electron chi connectivity index (χ2n) is 5.36. The van der Waals surface area contributed by atoms with E-state index in [0.717, 1.165) is 12.6 Å². The van der Waals surface area contributed by atoms with E-state index in [1.54, 1.807) is 12.0 Å². The molecule has 1 aromatic rings. The largest absolute Gasteiger partial charge is 0.501 e. The molecule has 1 aliphatic rings. The normalized spacial score (nSPS) is 17.3. The van der Waals surface area contributed by atoms with Crippen LogP contribution in [0.25, 0.3) is 0 Å². The third kappa shape index (κ3) is 3.96. The van der Waals surface area contributed by atoms with E-state index in [-0.39, 0.29) is 5.02 Å².